The number of aromatic nitrogens is 2. The van der Waals surface area contributed by atoms with Gasteiger partial charge in [-0.05, 0) is 31.5 Å². The third-order valence-corrected chi connectivity index (χ3v) is 3.56. The van der Waals surface area contributed by atoms with Crippen molar-refractivity contribution in [2.75, 3.05) is 18.4 Å². The van der Waals surface area contributed by atoms with Crippen molar-refractivity contribution in [1.29, 1.82) is 0 Å². The molecule has 0 aliphatic carbocycles. The Labute approximate surface area is 111 Å². The summed E-state index contributed by atoms with van der Waals surface area (Å²) < 4.78 is 0. The van der Waals surface area contributed by atoms with Gasteiger partial charge in [0.25, 0.3) is 0 Å². The fourth-order valence-electron chi connectivity index (χ4n) is 1.62. The third-order valence-electron chi connectivity index (χ3n) is 2.58. The molecule has 2 aromatic rings. The summed E-state index contributed by atoms with van der Waals surface area (Å²) in [7, 11) is 0. The number of anilines is 1. The largest absolute Gasteiger partial charge is 0.362 e. The van der Waals surface area contributed by atoms with Gasteiger partial charge in [0.05, 0.1) is 10.6 Å². The van der Waals surface area contributed by atoms with Crippen LogP contribution in [0.1, 0.15) is 19.3 Å². The lowest BCUT2D eigenvalue weighted by atomic mass is 10.2. The first-order valence-electron chi connectivity index (χ1n) is 6.21. The number of pyridine rings is 1. The van der Waals surface area contributed by atoms with Crippen molar-refractivity contribution in [3.63, 3.8) is 0 Å². The molecule has 0 spiro atoms. The van der Waals surface area contributed by atoms with E-state index >= 15 is 0 Å². The van der Waals surface area contributed by atoms with Crippen LogP contribution in [-0.4, -0.2) is 23.1 Å². The summed E-state index contributed by atoms with van der Waals surface area (Å²) in [5.74, 6) is 0. The average molecular weight is 262 g/mol. The Kier molecular flexibility index (Phi) is 5.11. The fraction of sp³-hybridized carbons (Fsp3) is 0.385. The molecule has 0 saturated carbocycles. The molecule has 2 heterocycles. The van der Waals surface area contributed by atoms with E-state index in [9.17, 15) is 0 Å². The van der Waals surface area contributed by atoms with Gasteiger partial charge in [-0.2, -0.15) is 0 Å². The van der Waals surface area contributed by atoms with Crippen molar-refractivity contribution in [2.45, 2.75) is 19.3 Å². The van der Waals surface area contributed by atoms with Crippen molar-refractivity contribution in [3.05, 3.63) is 30.6 Å². The Hall–Kier alpha value is -1.46. The maximum absolute atomic E-state index is 5.45. The SMILES string of the molecule is NCCCCCNc1ncc(-c2ccccn2)s1. The van der Waals surface area contributed by atoms with Crippen LogP contribution < -0.4 is 11.1 Å². The molecule has 0 unspecified atom stereocenters. The van der Waals surface area contributed by atoms with Gasteiger partial charge < -0.3 is 11.1 Å². The van der Waals surface area contributed by atoms with Crippen LogP contribution in [0.2, 0.25) is 0 Å². The lowest BCUT2D eigenvalue weighted by Crippen LogP contribution is -2.03. The van der Waals surface area contributed by atoms with Crippen LogP contribution in [0.4, 0.5) is 5.13 Å². The molecule has 0 bridgehead atoms. The molecule has 0 radical (unpaired) electrons. The molecule has 5 heteroatoms. The van der Waals surface area contributed by atoms with Gasteiger partial charge >= 0.3 is 0 Å². The van der Waals surface area contributed by atoms with E-state index in [4.69, 9.17) is 5.73 Å². The number of thiazole rings is 1. The van der Waals surface area contributed by atoms with Crippen LogP contribution in [0, 0.1) is 0 Å². The number of rotatable bonds is 7. The smallest absolute Gasteiger partial charge is 0.183 e. The molecular weight excluding hydrogens is 244 g/mol. The second kappa shape index (κ2) is 7.08. The molecule has 0 aromatic carbocycles. The minimum atomic E-state index is 0.779. The molecule has 0 saturated heterocycles. The highest BCUT2D eigenvalue weighted by molar-refractivity contribution is 7.18. The summed E-state index contributed by atoms with van der Waals surface area (Å²) in [6.45, 7) is 1.73. The molecule has 0 fully saturated rings. The lowest BCUT2D eigenvalue weighted by Gasteiger charge is -2.01. The number of hydrogen-bond acceptors (Lipinski definition) is 5. The monoisotopic (exact) mass is 262 g/mol. The van der Waals surface area contributed by atoms with Crippen LogP contribution >= 0.6 is 11.3 Å². The normalized spacial score (nSPS) is 10.5. The first-order chi connectivity index (χ1) is 8.90. The predicted molar refractivity (Wildman–Crippen MR) is 76.7 cm³/mol. The minimum absolute atomic E-state index is 0.779. The van der Waals surface area contributed by atoms with Gasteiger partial charge in [0.2, 0.25) is 0 Å². The van der Waals surface area contributed by atoms with E-state index in [1.165, 1.54) is 6.42 Å². The van der Waals surface area contributed by atoms with Crippen molar-refractivity contribution < 1.29 is 0 Å². The number of nitrogens with one attached hydrogen (secondary N) is 1. The van der Waals surface area contributed by atoms with E-state index < -0.39 is 0 Å². The van der Waals surface area contributed by atoms with Crippen LogP contribution in [0.3, 0.4) is 0 Å². The highest BCUT2D eigenvalue weighted by Crippen LogP contribution is 2.26. The molecule has 3 N–H and O–H groups in total. The summed E-state index contributed by atoms with van der Waals surface area (Å²) in [4.78, 5) is 9.76. The number of nitrogens with zero attached hydrogens (tertiary/aromatic N) is 2. The highest BCUT2D eigenvalue weighted by atomic mass is 32.1. The zero-order valence-corrected chi connectivity index (χ0v) is 11.1. The van der Waals surface area contributed by atoms with Gasteiger partial charge in [0.15, 0.2) is 5.13 Å². The summed E-state index contributed by atoms with van der Waals surface area (Å²) in [5, 5.41) is 4.29. The summed E-state index contributed by atoms with van der Waals surface area (Å²) >= 11 is 1.64. The first kappa shape index (κ1) is 13.0. The Morgan fingerprint density at radius 3 is 2.89 bits per heavy atom. The van der Waals surface area contributed by atoms with E-state index in [0.717, 1.165) is 41.6 Å². The van der Waals surface area contributed by atoms with E-state index in [0.29, 0.717) is 0 Å². The molecule has 96 valence electrons. The zero-order valence-electron chi connectivity index (χ0n) is 10.3. The second-order valence-corrected chi connectivity index (χ2v) is 5.05. The van der Waals surface area contributed by atoms with Gasteiger partial charge in [-0.15, -0.1) is 0 Å². The maximum Gasteiger partial charge on any atom is 0.183 e. The van der Waals surface area contributed by atoms with E-state index in [1.807, 2.05) is 24.4 Å². The van der Waals surface area contributed by atoms with Gasteiger partial charge in [-0.25, -0.2) is 4.98 Å². The maximum atomic E-state index is 5.45. The van der Waals surface area contributed by atoms with E-state index in [1.54, 1.807) is 17.5 Å². The van der Waals surface area contributed by atoms with Gasteiger partial charge in [-0.3, -0.25) is 4.98 Å². The number of nitrogens with two attached hydrogens (primary N) is 1. The van der Waals surface area contributed by atoms with Crippen molar-refractivity contribution in [2.24, 2.45) is 5.73 Å². The molecule has 2 aromatic heterocycles. The number of unbranched alkanes of at least 4 members (excludes halogenated alkanes) is 2. The predicted octanol–water partition coefficient (Wildman–Crippen LogP) is 2.75. The van der Waals surface area contributed by atoms with Crippen LogP contribution in [0.15, 0.2) is 30.6 Å². The topological polar surface area (TPSA) is 63.8 Å². The number of hydrogen-bond donors (Lipinski definition) is 2. The first-order valence-corrected chi connectivity index (χ1v) is 7.03. The van der Waals surface area contributed by atoms with Crippen molar-refractivity contribution >= 4 is 16.5 Å². The quantitative estimate of drug-likeness (QED) is 0.753. The van der Waals surface area contributed by atoms with Crippen LogP contribution in [-0.2, 0) is 0 Å². The summed E-state index contributed by atoms with van der Waals surface area (Å²) in [5.41, 5.74) is 6.43. The van der Waals surface area contributed by atoms with Gasteiger partial charge in [-0.1, -0.05) is 23.8 Å². The van der Waals surface area contributed by atoms with Crippen molar-refractivity contribution in [1.82, 2.24) is 9.97 Å². The molecule has 0 aliphatic heterocycles. The van der Waals surface area contributed by atoms with Gasteiger partial charge in [0, 0.05) is 18.9 Å². The second-order valence-electron chi connectivity index (χ2n) is 4.02. The molecule has 4 nitrogen and oxygen atoms in total. The minimum Gasteiger partial charge on any atom is -0.362 e. The standard InChI is InChI=1S/C13H18N4S/c14-7-3-1-4-9-16-13-17-10-12(18-13)11-6-2-5-8-15-11/h2,5-6,8,10H,1,3-4,7,9,14H2,(H,16,17). The van der Waals surface area contributed by atoms with Crippen LogP contribution in [0.5, 0.6) is 0 Å². The summed E-state index contributed by atoms with van der Waals surface area (Å²) in [6, 6.07) is 5.90. The molecule has 18 heavy (non-hydrogen) atoms. The molecule has 2 rings (SSSR count). The summed E-state index contributed by atoms with van der Waals surface area (Å²) in [6.07, 6.45) is 7.07. The highest BCUT2D eigenvalue weighted by Gasteiger charge is 2.04. The fourth-order valence-corrected chi connectivity index (χ4v) is 2.44. The Morgan fingerprint density at radius 1 is 1.17 bits per heavy atom. The van der Waals surface area contributed by atoms with Gasteiger partial charge in [0.1, 0.15) is 0 Å². The third kappa shape index (κ3) is 3.78. The molecular formula is C13H18N4S. The van der Waals surface area contributed by atoms with Crippen molar-refractivity contribution in [3.8, 4) is 10.6 Å². The van der Waals surface area contributed by atoms with E-state index in [-0.39, 0.29) is 0 Å². The van der Waals surface area contributed by atoms with Crippen LogP contribution in [0.25, 0.3) is 10.6 Å². The Bertz CT molecular complexity index is 455. The van der Waals surface area contributed by atoms with E-state index in [2.05, 4.69) is 15.3 Å². The lowest BCUT2D eigenvalue weighted by molar-refractivity contribution is 0.707. The molecule has 0 aliphatic rings. The average Bonchev–Trinajstić information content (AvgIpc) is 2.88. The molecule has 0 atom stereocenters. The Balaban J connectivity index is 1.83. The molecule has 0 amide bonds. The zero-order chi connectivity index (χ0) is 12.6. The Morgan fingerprint density at radius 2 is 2.11 bits per heavy atom.